The molecule has 4 heteroatoms. The quantitative estimate of drug-likeness (QED) is 0.599. The Hall–Kier alpha value is -1.97. The molecular formula is C14H16F2O2. The second-order valence-electron chi connectivity index (χ2n) is 3.42. The van der Waals surface area contributed by atoms with Crippen LogP contribution < -0.4 is 0 Å². The van der Waals surface area contributed by atoms with Crippen LogP contribution in [-0.2, 0) is 16.1 Å². The van der Waals surface area contributed by atoms with Crippen LogP contribution in [0.5, 0.6) is 0 Å². The first-order valence-electron chi connectivity index (χ1n) is 5.31. The minimum absolute atomic E-state index is 0.312. The van der Waals surface area contributed by atoms with Gasteiger partial charge in [-0.15, -0.1) is 0 Å². The van der Waals surface area contributed by atoms with Crippen LogP contribution in [0.4, 0.5) is 8.78 Å². The highest BCUT2D eigenvalue weighted by Crippen LogP contribution is 2.02. The molecule has 0 radical (unpaired) electrons. The SMILES string of the molecule is C=C(C)C(=O)OCc1ccccc1.CC=C(F)F. The Balaban J connectivity index is 0.000000494. The summed E-state index contributed by atoms with van der Waals surface area (Å²) in [6.45, 7) is 6.72. The van der Waals surface area contributed by atoms with Gasteiger partial charge in [-0.25, -0.2) is 4.79 Å². The fourth-order valence-corrected chi connectivity index (χ4v) is 0.846. The topological polar surface area (TPSA) is 26.3 Å². The molecule has 0 spiro atoms. The Morgan fingerprint density at radius 2 is 1.83 bits per heavy atom. The van der Waals surface area contributed by atoms with E-state index in [1.54, 1.807) is 6.92 Å². The fourth-order valence-electron chi connectivity index (χ4n) is 0.846. The van der Waals surface area contributed by atoms with Crippen molar-refractivity contribution in [3.63, 3.8) is 0 Å². The van der Waals surface area contributed by atoms with Crippen LogP contribution in [0.2, 0.25) is 0 Å². The number of carbonyl (C=O) groups excluding carboxylic acids is 1. The molecule has 0 aliphatic heterocycles. The predicted molar refractivity (Wildman–Crippen MR) is 67.0 cm³/mol. The molecule has 98 valence electrons. The highest BCUT2D eigenvalue weighted by molar-refractivity contribution is 5.86. The van der Waals surface area contributed by atoms with Gasteiger partial charge in [0.25, 0.3) is 6.08 Å². The Morgan fingerprint density at radius 3 is 2.22 bits per heavy atom. The summed E-state index contributed by atoms with van der Waals surface area (Å²) >= 11 is 0. The van der Waals surface area contributed by atoms with Crippen molar-refractivity contribution in [3.05, 3.63) is 60.2 Å². The second kappa shape index (κ2) is 9.10. The van der Waals surface area contributed by atoms with E-state index < -0.39 is 6.08 Å². The summed E-state index contributed by atoms with van der Waals surface area (Å²) < 4.78 is 26.2. The highest BCUT2D eigenvalue weighted by atomic mass is 19.3. The zero-order valence-corrected chi connectivity index (χ0v) is 10.5. The molecule has 0 saturated carbocycles. The molecular weight excluding hydrogens is 238 g/mol. The van der Waals surface area contributed by atoms with E-state index in [9.17, 15) is 13.6 Å². The van der Waals surface area contributed by atoms with Crippen molar-refractivity contribution < 1.29 is 18.3 Å². The Morgan fingerprint density at radius 1 is 1.33 bits per heavy atom. The maximum atomic E-state index is 11.0. The lowest BCUT2D eigenvalue weighted by atomic mass is 10.2. The first-order chi connectivity index (χ1) is 8.47. The highest BCUT2D eigenvalue weighted by Gasteiger charge is 2.02. The van der Waals surface area contributed by atoms with Gasteiger partial charge in [-0.2, -0.15) is 8.78 Å². The molecule has 0 N–H and O–H groups in total. The van der Waals surface area contributed by atoms with Gasteiger partial charge < -0.3 is 4.74 Å². The summed E-state index contributed by atoms with van der Waals surface area (Å²) in [6, 6.07) is 9.55. The molecule has 0 amide bonds. The molecule has 0 fully saturated rings. The lowest BCUT2D eigenvalue weighted by Crippen LogP contribution is -2.04. The Bertz CT molecular complexity index is 407. The number of carbonyl (C=O) groups is 1. The van der Waals surface area contributed by atoms with Crippen LogP contribution in [0.25, 0.3) is 0 Å². The van der Waals surface area contributed by atoms with E-state index in [1.165, 1.54) is 6.92 Å². The van der Waals surface area contributed by atoms with Crippen LogP contribution in [0.1, 0.15) is 19.4 Å². The second-order valence-corrected chi connectivity index (χ2v) is 3.42. The summed E-state index contributed by atoms with van der Waals surface area (Å²) in [6.07, 6.45) is -0.870. The predicted octanol–water partition coefficient (Wildman–Crippen LogP) is 4.09. The molecule has 0 heterocycles. The van der Waals surface area contributed by atoms with E-state index in [0.717, 1.165) is 11.6 Å². The van der Waals surface area contributed by atoms with Gasteiger partial charge in [0.15, 0.2) is 0 Å². The van der Waals surface area contributed by atoms with E-state index in [1.807, 2.05) is 30.3 Å². The lowest BCUT2D eigenvalue weighted by molar-refractivity contribution is -0.140. The third-order valence-corrected chi connectivity index (χ3v) is 1.78. The van der Waals surface area contributed by atoms with Gasteiger partial charge in [-0.05, 0) is 25.5 Å². The maximum absolute atomic E-state index is 11.0. The summed E-state index contributed by atoms with van der Waals surface area (Å²) in [5, 5.41) is 0. The van der Waals surface area contributed by atoms with E-state index in [0.29, 0.717) is 12.2 Å². The minimum Gasteiger partial charge on any atom is -0.457 e. The van der Waals surface area contributed by atoms with E-state index in [-0.39, 0.29) is 5.97 Å². The third kappa shape index (κ3) is 8.21. The maximum Gasteiger partial charge on any atom is 0.333 e. The fraction of sp³-hybridized carbons (Fsp3) is 0.214. The van der Waals surface area contributed by atoms with Gasteiger partial charge in [-0.1, -0.05) is 36.9 Å². The third-order valence-electron chi connectivity index (χ3n) is 1.78. The number of rotatable bonds is 3. The molecule has 0 unspecified atom stereocenters. The zero-order valence-electron chi connectivity index (χ0n) is 10.5. The molecule has 18 heavy (non-hydrogen) atoms. The average molecular weight is 254 g/mol. The lowest BCUT2D eigenvalue weighted by Gasteiger charge is -2.03. The Kier molecular flexibility index (Phi) is 8.10. The summed E-state index contributed by atoms with van der Waals surface area (Å²) in [5.41, 5.74) is 1.41. The summed E-state index contributed by atoms with van der Waals surface area (Å²) in [4.78, 5) is 11.0. The van der Waals surface area contributed by atoms with Crippen molar-refractivity contribution in [1.82, 2.24) is 0 Å². The number of hydrogen-bond donors (Lipinski definition) is 0. The number of halogens is 2. The van der Waals surface area contributed by atoms with Crippen molar-refractivity contribution in [3.8, 4) is 0 Å². The van der Waals surface area contributed by atoms with Crippen LogP contribution in [0, 0.1) is 0 Å². The summed E-state index contributed by atoms with van der Waals surface area (Å²) in [7, 11) is 0. The van der Waals surface area contributed by atoms with Gasteiger partial charge in [-0.3, -0.25) is 0 Å². The number of esters is 1. The van der Waals surface area contributed by atoms with Gasteiger partial charge in [0.1, 0.15) is 6.61 Å². The molecule has 1 rings (SSSR count). The van der Waals surface area contributed by atoms with Crippen molar-refractivity contribution in [2.24, 2.45) is 0 Å². The molecule has 0 aliphatic rings. The molecule has 0 aromatic heterocycles. The van der Waals surface area contributed by atoms with Gasteiger partial charge in [0.05, 0.1) is 0 Å². The van der Waals surface area contributed by atoms with Crippen molar-refractivity contribution in [2.75, 3.05) is 0 Å². The zero-order chi connectivity index (χ0) is 14.0. The van der Waals surface area contributed by atoms with Crippen molar-refractivity contribution in [2.45, 2.75) is 20.5 Å². The molecule has 0 atom stereocenters. The first-order valence-corrected chi connectivity index (χ1v) is 5.31. The largest absolute Gasteiger partial charge is 0.457 e. The minimum atomic E-state index is -1.62. The number of allylic oxidation sites excluding steroid dienone is 1. The van der Waals surface area contributed by atoms with Gasteiger partial charge >= 0.3 is 5.97 Å². The first kappa shape index (κ1) is 16.0. The van der Waals surface area contributed by atoms with E-state index in [2.05, 4.69) is 6.58 Å². The normalized spacial score (nSPS) is 8.67. The van der Waals surface area contributed by atoms with Gasteiger partial charge in [0, 0.05) is 5.57 Å². The van der Waals surface area contributed by atoms with Crippen LogP contribution in [0.15, 0.2) is 54.6 Å². The van der Waals surface area contributed by atoms with Crippen molar-refractivity contribution in [1.29, 1.82) is 0 Å². The molecule has 1 aromatic rings. The van der Waals surface area contributed by atoms with Crippen molar-refractivity contribution >= 4 is 5.97 Å². The van der Waals surface area contributed by atoms with Gasteiger partial charge in [0.2, 0.25) is 0 Å². The number of hydrogen-bond acceptors (Lipinski definition) is 2. The smallest absolute Gasteiger partial charge is 0.333 e. The Labute approximate surface area is 106 Å². The molecule has 2 nitrogen and oxygen atoms in total. The van der Waals surface area contributed by atoms with E-state index in [4.69, 9.17) is 4.74 Å². The molecule has 0 aliphatic carbocycles. The van der Waals surface area contributed by atoms with Crippen LogP contribution >= 0.6 is 0 Å². The summed E-state index contributed by atoms with van der Waals surface area (Å²) in [5.74, 6) is -0.344. The number of benzene rings is 1. The monoisotopic (exact) mass is 254 g/mol. The molecule has 0 bridgehead atoms. The van der Waals surface area contributed by atoms with E-state index >= 15 is 0 Å². The van der Waals surface area contributed by atoms with Crippen LogP contribution in [-0.4, -0.2) is 5.97 Å². The number of ether oxygens (including phenoxy) is 1. The molecule has 1 aromatic carbocycles. The van der Waals surface area contributed by atoms with Crippen LogP contribution in [0.3, 0.4) is 0 Å². The standard InChI is InChI=1S/C11H12O2.C3H4F2/c1-9(2)11(12)13-8-10-6-4-3-5-7-10;1-2-3(4)5/h3-7H,1,8H2,2H3;2H,1H3. The molecule has 0 saturated heterocycles. The average Bonchev–Trinajstić information content (AvgIpc) is 2.37.